The molecule has 4 nitrogen and oxygen atoms in total. The molecule has 11 heavy (non-hydrogen) atoms. The highest BCUT2D eigenvalue weighted by molar-refractivity contribution is 5.78. The van der Waals surface area contributed by atoms with E-state index >= 15 is 0 Å². The topological polar surface area (TPSA) is 50.4 Å². The van der Waals surface area contributed by atoms with Crippen molar-refractivity contribution in [3.05, 3.63) is 0 Å². The van der Waals surface area contributed by atoms with E-state index < -0.39 is 0 Å². The lowest BCUT2D eigenvalue weighted by atomic mass is 10.0. The molecule has 0 saturated carbocycles. The van der Waals surface area contributed by atoms with Crippen LogP contribution in [0.2, 0.25) is 0 Å². The molecule has 0 aromatic heterocycles. The van der Waals surface area contributed by atoms with Crippen molar-refractivity contribution in [3.8, 4) is 0 Å². The third kappa shape index (κ3) is 1.36. The molecule has 0 aliphatic carbocycles. The van der Waals surface area contributed by atoms with Crippen LogP contribution < -0.4 is 10.6 Å². The van der Waals surface area contributed by atoms with E-state index in [1.165, 1.54) is 0 Å². The van der Waals surface area contributed by atoms with Crippen LogP contribution in [0.25, 0.3) is 0 Å². The maximum absolute atomic E-state index is 10.9. The van der Waals surface area contributed by atoms with E-state index in [1.807, 2.05) is 0 Å². The largest absolute Gasteiger partial charge is 0.366 e. The fraction of sp³-hybridized carbons (Fsp3) is 0.857. The molecule has 0 aromatic carbocycles. The minimum absolute atomic E-state index is 0.00921. The first kappa shape index (κ1) is 7.06. The van der Waals surface area contributed by atoms with Gasteiger partial charge in [-0.05, 0) is 13.0 Å². The highest BCUT2D eigenvalue weighted by Gasteiger charge is 2.31. The molecule has 1 amide bonds. The smallest absolute Gasteiger partial charge is 0.246 e. The fourth-order valence-electron chi connectivity index (χ4n) is 1.61. The van der Waals surface area contributed by atoms with E-state index in [0.29, 0.717) is 0 Å². The van der Waals surface area contributed by atoms with Gasteiger partial charge in [0.05, 0.1) is 12.1 Å². The van der Waals surface area contributed by atoms with E-state index in [2.05, 4.69) is 10.6 Å². The first-order chi connectivity index (χ1) is 5.36. The summed E-state index contributed by atoms with van der Waals surface area (Å²) in [5.74, 6) is 0.00921. The zero-order chi connectivity index (χ0) is 7.68. The van der Waals surface area contributed by atoms with Gasteiger partial charge in [0.25, 0.3) is 0 Å². The summed E-state index contributed by atoms with van der Waals surface area (Å²) < 4.78 is 5.34. The third-order valence-electron chi connectivity index (χ3n) is 2.19. The number of carbonyl (C=O) groups is 1. The Hall–Kier alpha value is -0.610. The van der Waals surface area contributed by atoms with Gasteiger partial charge in [0.1, 0.15) is 6.61 Å². The first-order valence-corrected chi connectivity index (χ1v) is 3.98. The van der Waals surface area contributed by atoms with Gasteiger partial charge in [-0.1, -0.05) is 0 Å². The average molecular weight is 156 g/mol. The number of hydrogen-bond acceptors (Lipinski definition) is 3. The Bertz CT molecular complexity index is 172. The van der Waals surface area contributed by atoms with Gasteiger partial charge in [-0.3, -0.25) is 4.79 Å². The van der Waals surface area contributed by atoms with Crippen molar-refractivity contribution in [3.63, 3.8) is 0 Å². The molecule has 2 aliphatic heterocycles. The Labute approximate surface area is 65.3 Å². The predicted octanol–water partition coefficient (Wildman–Crippen LogP) is -1.14. The Morgan fingerprint density at radius 2 is 2.45 bits per heavy atom. The van der Waals surface area contributed by atoms with Crippen molar-refractivity contribution in [1.29, 1.82) is 0 Å². The normalized spacial score (nSPS) is 37.6. The van der Waals surface area contributed by atoms with Crippen molar-refractivity contribution in [1.82, 2.24) is 10.6 Å². The second-order valence-corrected chi connectivity index (χ2v) is 3.02. The zero-order valence-electron chi connectivity index (χ0n) is 6.30. The summed E-state index contributed by atoms with van der Waals surface area (Å²) in [6.45, 7) is 2.08. The summed E-state index contributed by atoms with van der Waals surface area (Å²) in [7, 11) is 0. The van der Waals surface area contributed by atoms with Gasteiger partial charge >= 0.3 is 0 Å². The minimum Gasteiger partial charge on any atom is -0.366 e. The molecule has 0 spiro atoms. The summed E-state index contributed by atoms with van der Waals surface area (Å²) in [5, 5.41) is 6.10. The van der Waals surface area contributed by atoms with Crippen LogP contribution in [0.4, 0.5) is 0 Å². The molecule has 2 N–H and O–H groups in total. The Morgan fingerprint density at radius 1 is 1.55 bits per heavy atom. The van der Waals surface area contributed by atoms with E-state index in [1.54, 1.807) is 0 Å². The number of amides is 1. The highest BCUT2D eigenvalue weighted by Crippen LogP contribution is 2.11. The Balaban J connectivity index is 1.98. The lowest BCUT2D eigenvalue weighted by molar-refractivity contribution is -0.138. The molecule has 2 heterocycles. The highest BCUT2D eigenvalue weighted by atomic mass is 16.5. The Morgan fingerprint density at radius 3 is 3.36 bits per heavy atom. The quantitative estimate of drug-likeness (QED) is 0.466. The maximum Gasteiger partial charge on any atom is 0.246 e. The molecule has 0 unspecified atom stereocenters. The second-order valence-electron chi connectivity index (χ2n) is 3.02. The maximum atomic E-state index is 10.9. The van der Waals surface area contributed by atoms with Crippen molar-refractivity contribution in [2.75, 3.05) is 19.7 Å². The summed E-state index contributed by atoms with van der Waals surface area (Å²) in [5.41, 5.74) is 0. The van der Waals surface area contributed by atoms with E-state index in [9.17, 15) is 4.79 Å². The molecule has 2 saturated heterocycles. The van der Waals surface area contributed by atoms with Crippen LogP contribution in [-0.2, 0) is 9.53 Å². The van der Waals surface area contributed by atoms with Crippen molar-refractivity contribution in [2.24, 2.45) is 0 Å². The molecule has 62 valence electrons. The number of hydrogen-bond donors (Lipinski definition) is 2. The predicted molar refractivity (Wildman–Crippen MR) is 39.2 cm³/mol. The number of morpholine rings is 1. The summed E-state index contributed by atoms with van der Waals surface area (Å²) >= 11 is 0. The van der Waals surface area contributed by atoms with Crippen LogP contribution in [-0.4, -0.2) is 37.7 Å². The molecule has 0 aromatic rings. The lowest BCUT2D eigenvalue weighted by Crippen LogP contribution is -2.59. The van der Waals surface area contributed by atoms with E-state index in [4.69, 9.17) is 4.74 Å². The number of rotatable bonds is 0. The molecule has 2 fully saturated rings. The van der Waals surface area contributed by atoms with Crippen LogP contribution >= 0.6 is 0 Å². The monoisotopic (exact) mass is 156 g/mol. The molecule has 2 rings (SSSR count). The molecule has 4 heteroatoms. The van der Waals surface area contributed by atoms with Gasteiger partial charge in [-0.15, -0.1) is 0 Å². The fourth-order valence-corrected chi connectivity index (χ4v) is 1.61. The SMILES string of the molecule is O=C1CO[C@@H]2CCNC[C@@H]2N1. The van der Waals surface area contributed by atoms with Gasteiger partial charge in [-0.2, -0.15) is 0 Å². The average Bonchev–Trinajstić information content (AvgIpc) is 2.04. The molecule has 2 atom stereocenters. The molecular formula is C7H12N2O2. The number of piperidine rings is 1. The molecular weight excluding hydrogens is 144 g/mol. The first-order valence-electron chi connectivity index (χ1n) is 3.98. The van der Waals surface area contributed by atoms with Crippen LogP contribution in [0.3, 0.4) is 0 Å². The Kier molecular flexibility index (Phi) is 1.79. The van der Waals surface area contributed by atoms with Gasteiger partial charge in [0.2, 0.25) is 5.91 Å². The summed E-state index contributed by atoms with van der Waals surface area (Å²) in [6.07, 6.45) is 1.25. The van der Waals surface area contributed by atoms with Crippen molar-refractivity contribution < 1.29 is 9.53 Å². The van der Waals surface area contributed by atoms with Crippen LogP contribution in [0.5, 0.6) is 0 Å². The van der Waals surface area contributed by atoms with E-state index in [-0.39, 0.29) is 24.7 Å². The number of carbonyl (C=O) groups excluding carboxylic acids is 1. The second kappa shape index (κ2) is 2.79. The molecule has 0 bridgehead atoms. The van der Waals surface area contributed by atoms with Crippen molar-refractivity contribution in [2.45, 2.75) is 18.6 Å². The number of ether oxygens (including phenoxy) is 1. The summed E-state index contributed by atoms with van der Waals surface area (Å²) in [6, 6.07) is 0.199. The van der Waals surface area contributed by atoms with Gasteiger partial charge in [-0.25, -0.2) is 0 Å². The number of fused-ring (bicyclic) bond motifs is 1. The standard InChI is InChI=1S/C7H12N2O2/c10-7-4-11-6-1-2-8-3-5(6)9-7/h5-6,8H,1-4H2,(H,9,10)/t5-,6+/m0/s1. The van der Waals surface area contributed by atoms with Crippen LogP contribution in [0.1, 0.15) is 6.42 Å². The van der Waals surface area contributed by atoms with Crippen LogP contribution in [0, 0.1) is 0 Å². The van der Waals surface area contributed by atoms with Crippen LogP contribution in [0.15, 0.2) is 0 Å². The van der Waals surface area contributed by atoms with E-state index in [0.717, 1.165) is 19.5 Å². The molecule has 2 aliphatic rings. The number of nitrogens with one attached hydrogen (secondary N) is 2. The van der Waals surface area contributed by atoms with Gasteiger partial charge in [0.15, 0.2) is 0 Å². The van der Waals surface area contributed by atoms with Gasteiger partial charge < -0.3 is 15.4 Å². The third-order valence-corrected chi connectivity index (χ3v) is 2.19. The minimum atomic E-state index is 0.00921. The van der Waals surface area contributed by atoms with Gasteiger partial charge in [0, 0.05) is 6.54 Å². The van der Waals surface area contributed by atoms with Crippen molar-refractivity contribution >= 4 is 5.91 Å². The lowest BCUT2D eigenvalue weighted by Gasteiger charge is -2.35. The molecule has 0 radical (unpaired) electrons. The summed E-state index contributed by atoms with van der Waals surface area (Å²) in [4.78, 5) is 10.9. The zero-order valence-corrected chi connectivity index (χ0v) is 6.30.